The van der Waals surface area contributed by atoms with Crippen LogP contribution in [-0.4, -0.2) is 27.8 Å². The molecule has 7 nitrogen and oxygen atoms in total. The molecular formula is C19H22N4O3. The third kappa shape index (κ3) is 3.92. The van der Waals surface area contributed by atoms with Gasteiger partial charge in [-0.1, -0.05) is 59.9 Å². The Hall–Kier alpha value is -2.70. The van der Waals surface area contributed by atoms with Gasteiger partial charge in [0.15, 0.2) is 11.9 Å². The second-order valence-electron chi connectivity index (χ2n) is 6.84. The van der Waals surface area contributed by atoms with Crippen molar-refractivity contribution in [2.45, 2.75) is 57.1 Å². The van der Waals surface area contributed by atoms with E-state index >= 15 is 0 Å². The van der Waals surface area contributed by atoms with Crippen molar-refractivity contribution in [2.75, 3.05) is 0 Å². The Labute approximate surface area is 151 Å². The van der Waals surface area contributed by atoms with Crippen molar-refractivity contribution in [3.05, 3.63) is 47.6 Å². The summed E-state index contributed by atoms with van der Waals surface area (Å²) in [6, 6.07) is 10.2. The van der Waals surface area contributed by atoms with Gasteiger partial charge in [-0.3, -0.25) is 4.79 Å². The van der Waals surface area contributed by atoms with Crippen molar-refractivity contribution in [1.29, 1.82) is 0 Å². The van der Waals surface area contributed by atoms with Crippen LogP contribution in [0, 0.1) is 0 Å². The minimum atomic E-state index is -0.142. The van der Waals surface area contributed by atoms with Crippen LogP contribution >= 0.6 is 0 Å². The fraction of sp³-hybridized carbons (Fsp3) is 0.474. The average Bonchev–Trinajstić information content (AvgIpc) is 3.32. The molecule has 1 amide bonds. The van der Waals surface area contributed by atoms with Crippen molar-refractivity contribution < 1.29 is 14.2 Å². The SMILES string of the molecule is O=C(Cc1noc(C2=NO[C@@H](c3ccccc3)C2)n1)NC1CCCCC1. The van der Waals surface area contributed by atoms with Crippen molar-refractivity contribution >= 4 is 11.6 Å². The van der Waals surface area contributed by atoms with Crippen LogP contribution in [0.3, 0.4) is 0 Å². The lowest BCUT2D eigenvalue weighted by Gasteiger charge is -2.22. The van der Waals surface area contributed by atoms with E-state index < -0.39 is 0 Å². The first-order valence-electron chi connectivity index (χ1n) is 9.18. The predicted molar refractivity (Wildman–Crippen MR) is 94.4 cm³/mol. The van der Waals surface area contributed by atoms with Gasteiger partial charge in [-0.25, -0.2) is 0 Å². The van der Waals surface area contributed by atoms with Crippen molar-refractivity contribution in [2.24, 2.45) is 5.16 Å². The summed E-state index contributed by atoms with van der Waals surface area (Å²) < 4.78 is 5.27. The molecule has 2 aliphatic rings. The summed E-state index contributed by atoms with van der Waals surface area (Å²) >= 11 is 0. The largest absolute Gasteiger partial charge is 0.387 e. The zero-order valence-corrected chi connectivity index (χ0v) is 14.6. The smallest absolute Gasteiger partial charge is 0.275 e. The number of hydrogen-bond acceptors (Lipinski definition) is 6. The molecular weight excluding hydrogens is 332 g/mol. The number of carbonyl (C=O) groups is 1. The molecule has 1 aliphatic carbocycles. The molecule has 0 spiro atoms. The molecule has 26 heavy (non-hydrogen) atoms. The van der Waals surface area contributed by atoms with Crippen LogP contribution in [0.15, 0.2) is 40.0 Å². The topological polar surface area (TPSA) is 89.6 Å². The number of oxime groups is 1. The molecule has 2 aromatic rings. The minimum absolute atomic E-state index is 0.0592. The Morgan fingerprint density at radius 3 is 2.77 bits per heavy atom. The average molecular weight is 354 g/mol. The molecule has 0 bridgehead atoms. The molecule has 7 heteroatoms. The molecule has 1 fully saturated rings. The normalized spacial score (nSPS) is 20.5. The van der Waals surface area contributed by atoms with E-state index in [9.17, 15) is 4.79 Å². The molecule has 1 saturated carbocycles. The number of rotatable bonds is 5. The third-order valence-corrected chi connectivity index (χ3v) is 4.84. The molecule has 2 heterocycles. The molecule has 136 valence electrons. The van der Waals surface area contributed by atoms with Crippen LogP contribution < -0.4 is 5.32 Å². The summed E-state index contributed by atoms with van der Waals surface area (Å²) in [6.45, 7) is 0. The molecule has 1 aliphatic heterocycles. The lowest BCUT2D eigenvalue weighted by molar-refractivity contribution is -0.121. The van der Waals surface area contributed by atoms with Gasteiger partial charge in [-0.05, 0) is 18.4 Å². The standard InChI is InChI=1S/C19H22N4O3/c24-18(20-14-9-5-2-6-10-14)12-17-21-19(26-23-17)15-11-16(25-22-15)13-7-3-1-4-8-13/h1,3-4,7-8,14,16H,2,5-6,9-12H2,(H,20,24)/t16-/m1/s1. The van der Waals surface area contributed by atoms with E-state index in [-0.39, 0.29) is 24.5 Å². The van der Waals surface area contributed by atoms with Gasteiger partial charge in [0.25, 0.3) is 5.89 Å². The van der Waals surface area contributed by atoms with Crippen LogP contribution in [0.25, 0.3) is 0 Å². The van der Waals surface area contributed by atoms with Gasteiger partial charge in [0.2, 0.25) is 5.91 Å². The Bertz CT molecular complexity index is 781. The maximum Gasteiger partial charge on any atom is 0.275 e. The number of hydrogen-bond donors (Lipinski definition) is 1. The van der Waals surface area contributed by atoms with Crippen molar-refractivity contribution in [3.63, 3.8) is 0 Å². The molecule has 1 aromatic carbocycles. The van der Waals surface area contributed by atoms with Gasteiger partial charge < -0.3 is 14.7 Å². The lowest BCUT2D eigenvalue weighted by Crippen LogP contribution is -2.37. The quantitative estimate of drug-likeness (QED) is 0.892. The number of aromatic nitrogens is 2. The first-order valence-corrected chi connectivity index (χ1v) is 9.18. The van der Waals surface area contributed by atoms with Crippen LogP contribution in [0.5, 0.6) is 0 Å². The third-order valence-electron chi connectivity index (χ3n) is 4.84. The second kappa shape index (κ2) is 7.68. The van der Waals surface area contributed by atoms with E-state index in [1.54, 1.807) is 0 Å². The van der Waals surface area contributed by atoms with Gasteiger partial charge >= 0.3 is 0 Å². The highest BCUT2D eigenvalue weighted by atomic mass is 16.6. The van der Waals surface area contributed by atoms with Crippen LogP contribution in [0.2, 0.25) is 0 Å². The summed E-state index contributed by atoms with van der Waals surface area (Å²) in [5, 5.41) is 11.0. The lowest BCUT2D eigenvalue weighted by atomic mass is 9.95. The van der Waals surface area contributed by atoms with Gasteiger partial charge in [0.05, 0.1) is 6.42 Å². The summed E-state index contributed by atoms with van der Waals surface area (Å²) in [5.74, 6) is 0.638. The van der Waals surface area contributed by atoms with E-state index in [1.165, 1.54) is 19.3 Å². The molecule has 0 saturated heterocycles. The van der Waals surface area contributed by atoms with E-state index in [0.29, 0.717) is 23.8 Å². The Morgan fingerprint density at radius 2 is 1.96 bits per heavy atom. The monoisotopic (exact) mass is 354 g/mol. The zero-order valence-electron chi connectivity index (χ0n) is 14.6. The Morgan fingerprint density at radius 1 is 1.15 bits per heavy atom. The van der Waals surface area contributed by atoms with Gasteiger partial charge in [0, 0.05) is 12.5 Å². The second-order valence-corrected chi connectivity index (χ2v) is 6.84. The van der Waals surface area contributed by atoms with E-state index in [2.05, 4.69) is 20.6 Å². The fourth-order valence-corrected chi connectivity index (χ4v) is 3.46. The molecule has 1 N–H and O–H groups in total. The Balaban J connectivity index is 1.32. The highest BCUT2D eigenvalue weighted by Gasteiger charge is 2.27. The predicted octanol–water partition coefficient (Wildman–Crippen LogP) is 2.93. The van der Waals surface area contributed by atoms with Crippen molar-refractivity contribution in [1.82, 2.24) is 15.5 Å². The van der Waals surface area contributed by atoms with Crippen LogP contribution in [-0.2, 0) is 16.1 Å². The highest BCUT2D eigenvalue weighted by molar-refractivity contribution is 5.97. The zero-order chi connectivity index (χ0) is 17.8. The molecule has 0 radical (unpaired) electrons. The maximum atomic E-state index is 12.2. The summed E-state index contributed by atoms with van der Waals surface area (Å²) in [6.07, 6.45) is 6.28. The fourth-order valence-electron chi connectivity index (χ4n) is 3.46. The highest BCUT2D eigenvalue weighted by Crippen LogP contribution is 2.28. The first-order chi connectivity index (χ1) is 12.8. The summed E-state index contributed by atoms with van der Waals surface area (Å²) in [4.78, 5) is 21.9. The van der Waals surface area contributed by atoms with Crippen LogP contribution in [0.4, 0.5) is 0 Å². The molecule has 1 atom stereocenters. The van der Waals surface area contributed by atoms with Crippen LogP contribution in [0.1, 0.15) is 61.9 Å². The number of nitrogens with zero attached hydrogens (tertiary/aromatic N) is 3. The Kier molecular flexibility index (Phi) is 4.95. The molecule has 0 unspecified atom stereocenters. The van der Waals surface area contributed by atoms with Gasteiger partial charge in [-0.15, -0.1) is 0 Å². The minimum Gasteiger partial charge on any atom is -0.387 e. The molecule has 4 rings (SSSR count). The number of benzene rings is 1. The van der Waals surface area contributed by atoms with Crippen molar-refractivity contribution in [3.8, 4) is 0 Å². The first kappa shape index (κ1) is 16.8. The number of nitrogens with one attached hydrogen (secondary N) is 1. The summed E-state index contributed by atoms with van der Waals surface area (Å²) in [7, 11) is 0. The number of amides is 1. The van der Waals surface area contributed by atoms with E-state index in [1.807, 2.05) is 30.3 Å². The maximum absolute atomic E-state index is 12.2. The number of carbonyl (C=O) groups excluding carboxylic acids is 1. The van der Waals surface area contributed by atoms with Gasteiger partial charge in [-0.2, -0.15) is 4.98 Å². The molecule has 1 aromatic heterocycles. The van der Waals surface area contributed by atoms with E-state index in [4.69, 9.17) is 9.36 Å². The van der Waals surface area contributed by atoms with E-state index in [0.717, 1.165) is 18.4 Å². The summed E-state index contributed by atoms with van der Waals surface area (Å²) in [5.41, 5.74) is 1.67. The van der Waals surface area contributed by atoms with Gasteiger partial charge in [0.1, 0.15) is 5.71 Å².